The first-order valence-electron chi connectivity index (χ1n) is 7.47. The lowest BCUT2D eigenvalue weighted by molar-refractivity contribution is -0.119. The number of benzene rings is 2. The number of amides is 2. The first-order chi connectivity index (χ1) is 12.1. The van der Waals surface area contributed by atoms with Crippen molar-refractivity contribution in [3.8, 4) is 6.07 Å². The van der Waals surface area contributed by atoms with Gasteiger partial charge in [0.1, 0.15) is 6.07 Å². The number of hydrogen-bond acceptors (Lipinski definition) is 6. The van der Waals surface area contributed by atoms with Gasteiger partial charge in [-0.3, -0.25) is 10.1 Å². The van der Waals surface area contributed by atoms with Crippen LogP contribution in [-0.4, -0.2) is 22.7 Å². The van der Waals surface area contributed by atoms with Gasteiger partial charge in [-0.2, -0.15) is 5.26 Å². The highest BCUT2D eigenvalue weighted by atomic mass is 32.2. The topological polar surface area (TPSA) is 79.2 Å². The standard InChI is InChI=1S/C18H16N2O3S2/c1-2-23-17(22)20-16(21)18(13-19,24-14-9-5-3-6-10-14)25-15-11-7-4-8-12-15/h3-12H,2H2,1H3,(H,20,21,22). The first kappa shape index (κ1) is 18.9. The number of nitrogens with zero attached hydrogens (tertiary/aromatic N) is 1. The first-order valence-corrected chi connectivity index (χ1v) is 9.10. The number of ether oxygens (including phenoxy) is 1. The molecule has 0 radical (unpaired) electrons. The molecule has 0 aliphatic carbocycles. The van der Waals surface area contributed by atoms with E-state index >= 15 is 0 Å². The summed E-state index contributed by atoms with van der Waals surface area (Å²) in [7, 11) is 0. The molecule has 0 heterocycles. The van der Waals surface area contributed by atoms with Crippen LogP contribution >= 0.6 is 23.5 Å². The van der Waals surface area contributed by atoms with Crippen LogP contribution in [0.2, 0.25) is 0 Å². The summed E-state index contributed by atoms with van der Waals surface area (Å²) in [6.45, 7) is 1.77. The highest BCUT2D eigenvalue weighted by Crippen LogP contribution is 2.45. The zero-order valence-electron chi connectivity index (χ0n) is 13.5. The smallest absolute Gasteiger partial charge is 0.413 e. The summed E-state index contributed by atoms with van der Waals surface area (Å²) in [4.78, 5) is 25.8. The largest absolute Gasteiger partial charge is 0.450 e. The molecular weight excluding hydrogens is 356 g/mol. The summed E-state index contributed by atoms with van der Waals surface area (Å²) >= 11 is 2.16. The van der Waals surface area contributed by atoms with Gasteiger partial charge in [0.15, 0.2) is 0 Å². The maximum Gasteiger partial charge on any atom is 0.413 e. The molecule has 0 saturated heterocycles. The number of rotatable bonds is 6. The molecule has 7 heteroatoms. The van der Waals surface area contributed by atoms with Crippen LogP contribution in [0.15, 0.2) is 70.5 Å². The van der Waals surface area contributed by atoms with Gasteiger partial charge in [0.05, 0.1) is 6.61 Å². The molecule has 0 aliphatic rings. The number of nitriles is 1. The lowest BCUT2D eigenvalue weighted by atomic mass is 10.4. The highest BCUT2D eigenvalue weighted by molar-refractivity contribution is 8.19. The van der Waals surface area contributed by atoms with Crippen molar-refractivity contribution in [3.05, 3.63) is 60.7 Å². The Morgan fingerprint density at radius 1 is 1.04 bits per heavy atom. The van der Waals surface area contributed by atoms with Crippen molar-refractivity contribution in [3.63, 3.8) is 0 Å². The summed E-state index contributed by atoms with van der Waals surface area (Å²) in [6, 6.07) is 20.3. The summed E-state index contributed by atoms with van der Waals surface area (Å²) in [5.41, 5.74) is 0. The van der Waals surface area contributed by atoms with Crippen molar-refractivity contribution in [2.75, 3.05) is 6.61 Å². The fourth-order valence-electron chi connectivity index (χ4n) is 1.86. The Balaban J connectivity index is 2.32. The van der Waals surface area contributed by atoms with Crippen LogP contribution in [0.5, 0.6) is 0 Å². The van der Waals surface area contributed by atoms with Crippen LogP contribution in [0.1, 0.15) is 6.92 Å². The Morgan fingerprint density at radius 2 is 1.52 bits per heavy atom. The highest BCUT2D eigenvalue weighted by Gasteiger charge is 2.42. The van der Waals surface area contributed by atoms with Gasteiger partial charge in [0, 0.05) is 9.79 Å². The number of nitrogens with one attached hydrogen (secondary N) is 1. The molecule has 2 aromatic carbocycles. The second-order valence-electron chi connectivity index (χ2n) is 4.73. The van der Waals surface area contributed by atoms with Crippen LogP contribution in [0.4, 0.5) is 4.79 Å². The minimum Gasteiger partial charge on any atom is -0.450 e. The molecule has 25 heavy (non-hydrogen) atoms. The summed E-state index contributed by atoms with van der Waals surface area (Å²) in [6.07, 6.45) is -0.866. The molecule has 0 fully saturated rings. The SMILES string of the molecule is CCOC(=O)NC(=O)C(C#N)(Sc1ccccc1)Sc1ccccc1. The van der Waals surface area contributed by atoms with E-state index in [1.165, 1.54) is 0 Å². The number of imide groups is 1. The molecule has 5 nitrogen and oxygen atoms in total. The van der Waals surface area contributed by atoms with Crippen molar-refractivity contribution in [2.24, 2.45) is 0 Å². The Kier molecular flexibility index (Phi) is 6.92. The molecule has 0 aromatic heterocycles. The average Bonchev–Trinajstić information content (AvgIpc) is 2.63. The van der Waals surface area contributed by atoms with E-state index in [9.17, 15) is 14.9 Å². The predicted octanol–water partition coefficient (Wildman–Crippen LogP) is 4.06. The molecule has 0 unspecified atom stereocenters. The maximum atomic E-state index is 12.7. The van der Waals surface area contributed by atoms with Crippen molar-refractivity contribution in [1.82, 2.24) is 5.32 Å². The van der Waals surface area contributed by atoms with Gasteiger partial charge < -0.3 is 4.74 Å². The Morgan fingerprint density at radius 3 is 1.92 bits per heavy atom. The Bertz CT molecular complexity index is 719. The lowest BCUT2D eigenvalue weighted by Gasteiger charge is -2.23. The predicted molar refractivity (Wildman–Crippen MR) is 98.1 cm³/mol. The van der Waals surface area contributed by atoms with E-state index in [1.807, 2.05) is 36.4 Å². The van der Waals surface area contributed by atoms with E-state index in [-0.39, 0.29) is 6.61 Å². The number of thioether (sulfide) groups is 2. The monoisotopic (exact) mass is 372 g/mol. The van der Waals surface area contributed by atoms with Gasteiger partial charge in [-0.1, -0.05) is 59.9 Å². The van der Waals surface area contributed by atoms with E-state index in [2.05, 4.69) is 11.4 Å². The Labute approximate surface area is 154 Å². The second-order valence-corrected chi connectivity index (χ2v) is 7.57. The van der Waals surface area contributed by atoms with E-state index in [0.717, 1.165) is 33.3 Å². The average molecular weight is 372 g/mol. The number of hydrogen-bond donors (Lipinski definition) is 1. The molecule has 128 valence electrons. The summed E-state index contributed by atoms with van der Waals surface area (Å²) in [5.74, 6) is -0.726. The van der Waals surface area contributed by atoms with Crippen molar-refractivity contribution in [2.45, 2.75) is 20.8 Å². The van der Waals surface area contributed by atoms with Gasteiger partial charge in [-0.05, 0) is 31.2 Å². The van der Waals surface area contributed by atoms with Crippen LogP contribution in [0, 0.1) is 11.3 Å². The van der Waals surface area contributed by atoms with E-state index in [0.29, 0.717) is 0 Å². The number of carbonyl (C=O) groups is 2. The summed E-state index contributed by atoms with van der Waals surface area (Å²) in [5, 5.41) is 12.0. The van der Waals surface area contributed by atoms with Crippen LogP contribution in [0.25, 0.3) is 0 Å². The molecule has 2 aromatic rings. The molecule has 0 atom stereocenters. The van der Waals surface area contributed by atoms with E-state index in [1.54, 1.807) is 31.2 Å². The fourth-order valence-corrected chi connectivity index (χ4v) is 4.23. The lowest BCUT2D eigenvalue weighted by Crippen LogP contribution is -2.44. The molecule has 0 saturated carbocycles. The van der Waals surface area contributed by atoms with Crippen LogP contribution in [-0.2, 0) is 9.53 Å². The fraction of sp³-hybridized carbons (Fsp3) is 0.167. The van der Waals surface area contributed by atoms with Gasteiger partial charge in [-0.15, -0.1) is 0 Å². The van der Waals surface area contributed by atoms with E-state index < -0.39 is 16.1 Å². The third-order valence-corrected chi connectivity index (χ3v) is 5.59. The molecule has 0 spiro atoms. The number of alkyl carbamates (subject to hydrolysis) is 1. The zero-order valence-corrected chi connectivity index (χ0v) is 15.1. The Hall–Kier alpha value is -2.43. The molecule has 0 bridgehead atoms. The van der Waals surface area contributed by atoms with Gasteiger partial charge in [0.2, 0.25) is 4.08 Å². The minimum absolute atomic E-state index is 0.135. The number of carbonyl (C=O) groups excluding carboxylic acids is 2. The third-order valence-electron chi connectivity index (χ3n) is 2.95. The molecule has 2 amide bonds. The minimum atomic E-state index is -1.57. The van der Waals surface area contributed by atoms with E-state index in [4.69, 9.17) is 4.74 Å². The van der Waals surface area contributed by atoms with Crippen molar-refractivity contribution < 1.29 is 14.3 Å². The molecule has 1 N–H and O–H groups in total. The van der Waals surface area contributed by atoms with Gasteiger partial charge in [-0.25, -0.2) is 4.79 Å². The second kappa shape index (κ2) is 9.16. The summed E-state index contributed by atoms with van der Waals surface area (Å²) < 4.78 is 3.18. The molecule has 0 aliphatic heterocycles. The van der Waals surface area contributed by atoms with Gasteiger partial charge >= 0.3 is 6.09 Å². The van der Waals surface area contributed by atoms with Crippen LogP contribution < -0.4 is 5.32 Å². The van der Waals surface area contributed by atoms with Gasteiger partial charge in [0.25, 0.3) is 5.91 Å². The molecule has 2 rings (SSSR count). The molecular formula is C18H16N2O3S2. The van der Waals surface area contributed by atoms with Crippen molar-refractivity contribution in [1.29, 1.82) is 5.26 Å². The van der Waals surface area contributed by atoms with Crippen molar-refractivity contribution >= 4 is 35.5 Å². The third kappa shape index (κ3) is 5.28. The quantitative estimate of drug-likeness (QED) is 0.608. The van der Waals surface area contributed by atoms with Crippen LogP contribution in [0.3, 0.4) is 0 Å². The normalized spacial score (nSPS) is 10.6. The maximum absolute atomic E-state index is 12.7. The zero-order chi connectivity index (χ0) is 18.1.